The van der Waals surface area contributed by atoms with Crippen LogP contribution < -0.4 is 24.2 Å². The zero-order valence-electron chi connectivity index (χ0n) is 17.4. The van der Waals surface area contributed by atoms with Gasteiger partial charge in [-0.15, -0.1) is 6.42 Å². The van der Waals surface area contributed by atoms with Gasteiger partial charge < -0.3 is 19.5 Å². The van der Waals surface area contributed by atoms with E-state index in [2.05, 4.69) is 16.0 Å². The van der Waals surface area contributed by atoms with Gasteiger partial charge in [0.05, 0.1) is 11.4 Å². The smallest absolute Gasteiger partial charge is 0.255 e. The van der Waals surface area contributed by atoms with Crippen molar-refractivity contribution in [3.8, 4) is 29.6 Å². The van der Waals surface area contributed by atoms with Crippen LogP contribution in [0.5, 0.6) is 17.2 Å². The summed E-state index contributed by atoms with van der Waals surface area (Å²) >= 11 is 0. The Labute approximate surface area is 191 Å². The highest BCUT2D eigenvalue weighted by Gasteiger charge is 2.15. The maximum absolute atomic E-state index is 12.6. The van der Waals surface area contributed by atoms with Crippen LogP contribution in [0.25, 0.3) is 0 Å². The molecule has 4 rings (SSSR count). The number of terminal acetylenes is 1. The third kappa shape index (κ3) is 5.44. The fourth-order valence-electron chi connectivity index (χ4n) is 3.08. The Kier molecular flexibility index (Phi) is 6.49. The van der Waals surface area contributed by atoms with Gasteiger partial charge in [-0.1, -0.05) is 18.1 Å². The molecule has 1 amide bonds. The number of amides is 1. The van der Waals surface area contributed by atoms with E-state index in [1.54, 1.807) is 36.4 Å². The topological polar surface area (TPSA) is 103 Å². The highest BCUT2D eigenvalue weighted by molar-refractivity contribution is 7.89. The van der Waals surface area contributed by atoms with Gasteiger partial charge in [0, 0.05) is 17.3 Å². The molecule has 0 fully saturated rings. The van der Waals surface area contributed by atoms with Gasteiger partial charge in [0.2, 0.25) is 16.8 Å². The molecule has 0 radical (unpaired) electrons. The minimum Gasteiger partial charge on any atom is -0.489 e. The third-order valence-electron chi connectivity index (χ3n) is 4.73. The molecule has 3 aromatic rings. The summed E-state index contributed by atoms with van der Waals surface area (Å²) in [5.41, 5.74) is 1.75. The summed E-state index contributed by atoms with van der Waals surface area (Å²) in [5.74, 6) is 3.80. The Bertz CT molecular complexity index is 1310. The SMILES string of the molecule is C#CCNS(=O)(=O)c1ccc(C(=O)Nc2cccc(COc3ccc4c(c3)OCO4)c2)cc1. The number of nitrogens with one attached hydrogen (secondary N) is 2. The lowest BCUT2D eigenvalue weighted by Gasteiger charge is -2.10. The number of anilines is 1. The fraction of sp³-hybridized carbons (Fsp3) is 0.125. The van der Waals surface area contributed by atoms with E-state index in [4.69, 9.17) is 20.6 Å². The molecule has 3 aromatic carbocycles. The quantitative estimate of drug-likeness (QED) is 0.497. The first kappa shape index (κ1) is 22.2. The van der Waals surface area contributed by atoms with Crippen molar-refractivity contribution in [3.63, 3.8) is 0 Å². The van der Waals surface area contributed by atoms with Gasteiger partial charge in [0.25, 0.3) is 5.91 Å². The van der Waals surface area contributed by atoms with Gasteiger partial charge in [0.15, 0.2) is 11.5 Å². The number of hydrogen-bond acceptors (Lipinski definition) is 6. The van der Waals surface area contributed by atoms with Crippen molar-refractivity contribution in [2.75, 3.05) is 18.7 Å². The second kappa shape index (κ2) is 9.65. The van der Waals surface area contributed by atoms with Crippen LogP contribution in [0.15, 0.2) is 71.6 Å². The van der Waals surface area contributed by atoms with Crippen LogP contribution in [-0.2, 0) is 16.6 Å². The maximum Gasteiger partial charge on any atom is 0.255 e. The summed E-state index contributed by atoms with van der Waals surface area (Å²) in [7, 11) is -3.72. The lowest BCUT2D eigenvalue weighted by molar-refractivity contribution is 0.102. The van der Waals surface area contributed by atoms with Crippen LogP contribution in [0.3, 0.4) is 0 Å². The number of fused-ring (bicyclic) bond motifs is 1. The number of benzene rings is 3. The van der Waals surface area contributed by atoms with E-state index >= 15 is 0 Å². The molecule has 0 aromatic heterocycles. The summed E-state index contributed by atoms with van der Waals surface area (Å²) in [6.45, 7) is 0.377. The molecule has 0 unspecified atom stereocenters. The highest BCUT2D eigenvalue weighted by atomic mass is 32.2. The molecule has 9 heteroatoms. The molecular formula is C24H20N2O6S. The normalized spacial score (nSPS) is 12.1. The molecule has 33 heavy (non-hydrogen) atoms. The number of carbonyl (C=O) groups is 1. The number of carbonyl (C=O) groups excluding carboxylic acids is 1. The number of hydrogen-bond donors (Lipinski definition) is 2. The number of rotatable bonds is 8. The van der Waals surface area contributed by atoms with Crippen molar-refractivity contribution in [3.05, 3.63) is 77.9 Å². The molecule has 1 aliphatic heterocycles. The van der Waals surface area contributed by atoms with Crippen molar-refractivity contribution >= 4 is 21.6 Å². The first-order valence-electron chi connectivity index (χ1n) is 9.90. The molecule has 0 saturated heterocycles. The van der Waals surface area contributed by atoms with Crippen LogP contribution in [0.1, 0.15) is 15.9 Å². The van der Waals surface area contributed by atoms with E-state index in [0.717, 1.165) is 5.56 Å². The summed E-state index contributed by atoms with van der Waals surface area (Å²) < 4.78 is 42.9. The van der Waals surface area contributed by atoms with E-state index in [0.29, 0.717) is 35.1 Å². The molecule has 0 aliphatic carbocycles. The minimum atomic E-state index is -3.72. The zero-order valence-corrected chi connectivity index (χ0v) is 18.2. The molecule has 2 N–H and O–H groups in total. The summed E-state index contributed by atoms with van der Waals surface area (Å²) in [6.07, 6.45) is 5.08. The third-order valence-corrected chi connectivity index (χ3v) is 6.14. The Balaban J connectivity index is 1.38. The molecule has 0 bridgehead atoms. The molecule has 1 aliphatic rings. The molecule has 0 atom stereocenters. The van der Waals surface area contributed by atoms with E-state index in [-0.39, 0.29) is 24.1 Å². The van der Waals surface area contributed by atoms with Gasteiger partial charge >= 0.3 is 0 Å². The highest BCUT2D eigenvalue weighted by Crippen LogP contribution is 2.35. The Hall–Kier alpha value is -4.00. The predicted octanol–water partition coefficient (Wildman–Crippen LogP) is 3.16. The fourth-order valence-corrected chi connectivity index (χ4v) is 4.02. The van der Waals surface area contributed by atoms with Crippen LogP contribution >= 0.6 is 0 Å². The maximum atomic E-state index is 12.6. The predicted molar refractivity (Wildman–Crippen MR) is 122 cm³/mol. The van der Waals surface area contributed by atoms with E-state index in [1.807, 2.05) is 6.07 Å². The Morgan fingerprint density at radius 1 is 1.03 bits per heavy atom. The lowest BCUT2D eigenvalue weighted by Crippen LogP contribution is -2.24. The molecule has 0 spiro atoms. The second-order valence-corrected chi connectivity index (χ2v) is 8.78. The van der Waals surface area contributed by atoms with Gasteiger partial charge in [-0.2, -0.15) is 4.72 Å². The lowest BCUT2D eigenvalue weighted by atomic mass is 10.2. The van der Waals surface area contributed by atoms with E-state index in [1.165, 1.54) is 24.3 Å². The Morgan fingerprint density at radius 2 is 1.82 bits per heavy atom. The second-order valence-electron chi connectivity index (χ2n) is 7.01. The van der Waals surface area contributed by atoms with Crippen molar-refractivity contribution in [1.82, 2.24) is 4.72 Å². The molecule has 168 valence electrons. The molecule has 0 saturated carbocycles. The number of sulfonamides is 1. The summed E-state index contributed by atoms with van der Waals surface area (Å²) in [4.78, 5) is 12.6. The Morgan fingerprint density at radius 3 is 2.61 bits per heavy atom. The van der Waals surface area contributed by atoms with Gasteiger partial charge in [-0.3, -0.25) is 4.79 Å². The van der Waals surface area contributed by atoms with Crippen molar-refractivity contribution < 1.29 is 27.4 Å². The summed E-state index contributed by atoms with van der Waals surface area (Å²) in [5, 5.41) is 2.80. The molecule has 8 nitrogen and oxygen atoms in total. The first-order chi connectivity index (χ1) is 15.9. The number of ether oxygens (including phenoxy) is 3. The van der Waals surface area contributed by atoms with Crippen molar-refractivity contribution in [2.45, 2.75) is 11.5 Å². The minimum absolute atomic E-state index is 0.0250. The van der Waals surface area contributed by atoms with E-state index < -0.39 is 10.0 Å². The average molecular weight is 464 g/mol. The van der Waals surface area contributed by atoms with Crippen LogP contribution in [-0.4, -0.2) is 27.7 Å². The van der Waals surface area contributed by atoms with Crippen LogP contribution in [0.4, 0.5) is 5.69 Å². The van der Waals surface area contributed by atoms with E-state index in [9.17, 15) is 13.2 Å². The van der Waals surface area contributed by atoms with Crippen molar-refractivity contribution in [1.29, 1.82) is 0 Å². The van der Waals surface area contributed by atoms with Crippen LogP contribution in [0, 0.1) is 12.3 Å². The largest absolute Gasteiger partial charge is 0.489 e. The zero-order chi connectivity index (χ0) is 23.3. The van der Waals surface area contributed by atoms with Gasteiger partial charge in [-0.25, -0.2) is 8.42 Å². The molecule has 1 heterocycles. The van der Waals surface area contributed by atoms with Crippen molar-refractivity contribution in [2.24, 2.45) is 0 Å². The monoisotopic (exact) mass is 464 g/mol. The van der Waals surface area contributed by atoms with Gasteiger partial charge in [0.1, 0.15) is 12.4 Å². The summed E-state index contributed by atoms with van der Waals surface area (Å²) in [6, 6.07) is 18.2. The van der Waals surface area contributed by atoms with Crippen LogP contribution in [0.2, 0.25) is 0 Å². The molecular weight excluding hydrogens is 444 g/mol. The standard InChI is InChI=1S/C24H20N2O6S/c1-2-12-25-33(28,29)21-9-6-18(7-10-21)24(27)26-19-5-3-4-17(13-19)15-30-20-8-11-22-23(14-20)32-16-31-22/h1,3-11,13-14,25H,12,15-16H2,(H,26,27). The first-order valence-corrected chi connectivity index (χ1v) is 11.4. The van der Waals surface area contributed by atoms with Gasteiger partial charge in [-0.05, 0) is 54.1 Å². The average Bonchev–Trinajstić information content (AvgIpc) is 3.30.